The Bertz CT molecular complexity index is 1410. The van der Waals surface area contributed by atoms with Gasteiger partial charge in [-0.2, -0.15) is 0 Å². The highest BCUT2D eigenvalue weighted by atomic mass is 16.5. The number of carbonyl (C=O) groups excluding carboxylic acids is 2. The Labute approximate surface area is 205 Å². The van der Waals surface area contributed by atoms with Crippen molar-refractivity contribution in [2.45, 2.75) is 39.2 Å². The first-order valence-electron chi connectivity index (χ1n) is 12.1. The zero-order chi connectivity index (χ0) is 24.2. The van der Waals surface area contributed by atoms with Crippen molar-refractivity contribution >= 4 is 17.3 Å². The van der Waals surface area contributed by atoms with E-state index in [9.17, 15) is 9.59 Å². The van der Waals surface area contributed by atoms with Crippen molar-refractivity contribution in [2.24, 2.45) is 5.41 Å². The molecular weight excluding hydrogens is 434 g/mol. The average molecular weight is 462 g/mol. The van der Waals surface area contributed by atoms with Crippen LogP contribution in [-0.4, -0.2) is 11.6 Å². The molecule has 0 fully saturated rings. The van der Waals surface area contributed by atoms with Gasteiger partial charge in [-0.3, -0.25) is 9.59 Å². The Morgan fingerprint density at radius 3 is 2.26 bits per heavy atom. The monoisotopic (exact) mass is 461 g/mol. The van der Waals surface area contributed by atoms with Gasteiger partial charge in [-0.1, -0.05) is 80.6 Å². The van der Waals surface area contributed by atoms with Crippen LogP contribution in [0.3, 0.4) is 0 Å². The van der Waals surface area contributed by atoms with Crippen LogP contribution in [-0.2, 0) is 11.4 Å². The molecule has 3 aromatic carbocycles. The number of carbonyl (C=O) groups is 2. The second-order valence-electron chi connectivity index (χ2n) is 10.4. The predicted octanol–water partition coefficient (Wildman–Crippen LogP) is 6.20. The van der Waals surface area contributed by atoms with E-state index in [1.54, 1.807) is 0 Å². The van der Waals surface area contributed by atoms with Gasteiger partial charge < -0.3 is 10.1 Å². The van der Waals surface area contributed by atoms with Crippen LogP contribution in [0.4, 0.5) is 0 Å². The molecule has 3 aromatic rings. The van der Waals surface area contributed by atoms with E-state index in [1.807, 2.05) is 78.9 Å². The zero-order valence-electron chi connectivity index (χ0n) is 19.9. The smallest absolute Gasteiger partial charge is 0.192 e. The van der Waals surface area contributed by atoms with E-state index >= 15 is 0 Å². The van der Waals surface area contributed by atoms with Crippen LogP contribution in [0, 0.1) is 5.41 Å². The molecule has 4 heteroatoms. The Morgan fingerprint density at radius 1 is 0.829 bits per heavy atom. The molecule has 2 aliphatic carbocycles. The number of hydrogen-bond acceptors (Lipinski definition) is 4. The summed E-state index contributed by atoms with van der Waals surface area (Å²) < 4.78 is 5.98. The highest BCUT2D eigenvalue weighted by Crippen LogP contribution is 2.51. The summed E-state index contributed by atoms with van der Waals surface area (Å²) in [5.74, 6) is 0.496. The minimum atomic E-state index is -0.382. The molecule has 1 heterocycles. The molecule has 0 radical (unpaired) electrons. The lowest BCUT2D eigenvalue weighted by Gasteiger charge is -2.39. The Morgan fingerprint density at radius 2 is 1.51 bits per heavy atom. The van der Waals surface area contributed by atoms with Crippen LogP contribution in [0.1, 0.15) is 59.7 Å². The number of ketones is 2. The van der Waals surface area contributed by atoms with E-state index in [4.69, 9.17) is 4.74 Å². The summed E-state index contributed by atoms with van der Waals surface area (Å²) in [4.78, 5) is 27.1. The number of ether oxygens (including phenoxy) is 1. The molecule has 0 bridgehead atoms. The standard InChI is InChI=1S/C31H27NO3/c1-31(2)16-24-27(25(33)17-31)26(28-29(32-24)22-10-6-7-11-23(22)30(28)34)20-12-14-21(15-13-20)35-18-19-8-4-3-5-9-19/h3-15,26,32H,16-18H2,1-2H3/t26-/m0/s1. The molecule has 0 saturated heterocycles. The Balaban J connectivity index is 1.39. The van der Waals surface area contributed by atoms with Gasteiger partial charge in [0.2, 0.25) is 0 Å². The molecule has 0 aromatic heterocycles. The van der Waals surface area contributed by atoms with E-state index in [0.717, 1.165) is 45.8 Å². The van der Waals surface area contributed by atoms with Crippen molar-refractivity contribution in [3.8, 4) is 5.75 Å². The van der Waals surface area contributed by atoms with Gasteiger partial charge in [0.15, 0.2) is 11.6 Å². The summed E-state index contributed by atoms with van der Waals surface area (Å²) in [7, 11) is 0. The first-order chi connectivity index (χ1) is 16.9. The lowest BCUT2D eigenvalue weighted by Crippen LogP contribution is -2.37. The Hall–Kier alpha value is -3.92. The molecule has 4 nitrogen and oxygen atoms in total. The lowest BCUT2D eigenvalue weighted by atomic mass is 9.68. The minimum absolute atomic E-state index is 0.00156. The van der Waals surface area contributed by atoms with Crippen LogP contribution < -0.4 is 10.1 Å². The summed E-state index contributed by atoms with van der Waals surface area (Å²) in [6.07, 6.45) is 1.25. The zero-order valence-corrected chi connectivity index (χ0v) is 19.9. The van der Waals surface area contributed by atoms with Gasteiger partial charge in [0.05, 0.1) is 5.70 Å². The van der Waals surface area contributed by atoms with E-state index in [2.05, 4.69) is 19.2 Å². The highest BCUT2D eigenvalue weighted by molar-refractivity contribution is 6.23. The molecule has 1 atom stereocenters. The summed E-state index contributed by atoms with van der Waals surface area (Å²) in [6, 6.07) is 25.6. The second-order valence-corrected chi connectivity index (χ2v) is 10.4. The van der Waals surface area contributed by atoms with Crippen LogP contribution in [0.5, 0.6) is 5.75 Å². The van der Waals surface area contributed by atoms with Crippen LogP contribution >= 0.6 is 0 Å². The van der Waals surface area contributed by atoms with Gasteiger partial charge in [-0.05, 0) is 35.1 Å². The molecule has 0 saturated carbocycles. The topological polar surface area (TPSA) is 55.4 Å². The van der Waals surface area contributed by atoms with Gasteiger partial charge in [0, 0.05) is 40.3 Å². The number of hydrogen-bond donors (Lipinski definition) is 1. The molecule has 3 aliphatic rings. The molecule has 6 rings (SSSR count). The van der Waals surface area contributed by atoms with Crippen molar-refractivity contribution < 1.29 is 14.3 Å². The minimum Gasteiger partial charge on any atom is -0.489 e. The quantitative estimate of drug-likeness (QED) is 0.502. The van der Waals surface area contributed by atoms with Crippen LogP contribution in [0.25, 0.3) is 5.70 Å². The predicted molar refractivity (Wildman–Crippen MR) is 136 cm³/mol. The maximum atomic E-state index is 13.6. The first kappa shape index (κ1) is 21.6. The number of allylic oxidation sites excluding steroid dienone is 3. The Kier molecular flexibility index (Phi) is 4.99. The largest absolute Gasteiger partial charge is 0.489 e. The molecular formula is C31H27NO3. The third-order valence-electron chi connectivity index (χ3n) is 7.19. The van der Waals surface area contributed by atoms with Crippen molar-refractivity contribution in [2.75, 3.05) is 0 Å². The number of Topliss-reactive ketones (excluding diaryl/α,β-unsaturated/α-hetero) is 2. The third kappa shape index (κ3) is 3.70. The molecule has 1 N–H and O–H groups in total. The molecule has 0 unspecified atom stereocenters. The van der Waals surface area contributed by atoms with Gasteiger partial charge in [0.25, 0.3) is 0 Å². The van der Waals surface area contributed by atoms with Gasteiger partial charge in [-0.25, -0.2) is 0 Å². The second kappa shape index (κ2) is 8.09. The normalized spacial score (nSPS) is 20.2. The van der Waals surface area contributed by atoms with Crippen molar-refractivity contribution in [3.63, 3.8) is 0 Å². The average Bonchev–Trinajstić information content (AvgIpc) is 3.13. The fourth-order valence-electron chi connectivity index (χ4n) is 5.62. The summed E-state index contributed by atoms with van der Waals surface area (Å²) in [5, 5.41) is 3.53. The molecule has 174 valence electrons. The molecule has 1 aliphatic heterocycles. The lowest BCUT2D eigenvalue weighted by molar-refractivity contribution is -0.118. The van der Waals surface area contributed by atoms with Gasteiger partial charge in [-0.15, -0.1) is 0 Å². The maximum absolute atomic E-state index is 13.6. The van der Waals surface area contributed by atoms with Crippen molar-refractivity contribution in [3.05, 3.63) is 118 Å². The number of benzene rings is 3. The summed E-state index contributed by atoms with van der Waals surface area (Å²) in [5.41, 5.74) is 6.75. The number of dihydropyridines is 1. The third-order valence-corrected chi connectivity index (χ3v) is 7.19. The van der Waals surface area contributed by atoms with Crippen LogP contribution in [0.2, 0.25) is 0 Å². The summed E-state index contributed by atoms with van der Waals surface area (Å²) >= 11 is 0. The fourth-order valence-corrected chi connectivity index (χ4v) is 5.62. The van der Waals surface area contributed by atoms with Crippen molar-refractivity contribution in [1.82, 2.24) is 5.32 Å². The van der Waals surface area contributed by atoms with E-state index in [1.165, 1.54) is 0 Å². The van der Waals surface area contributed by atoms with Crippen LogP contribution in [0.15, 0.2) is 95.7 Å². The molecule has 35 heavy (non-hydrogen) atoms. The summed E-state index contributed by atoms with van der Waals surface area (Å²) in [6.45, 7) is 4.74. The van der Waals surface area contributed by atoms with Gasteiger partial charge >= 0.3 is 0 Å². The van der Waals surface area contributed by atoms with E-state index in [0.29, 0.717) is 24.2 Å². The van der Waals surface area contributed by atoms with E-state index in [-0.39, 0.29) is 22.9 Å². The van der Waals surface area contributed by atoms with E-state index < -0.39 is 0 Å². The molecule has 0 amide bonds. The number of nitrogens with one attached hydrogen (secondary N) is 1. The fraction of sp³-hybridized carbons (Fsp3) is 0.226. The maximum Gasteiger partial charge on any atom is 0.192 e. The van der Waals surface area contributed by atoms with Gasteiger partial charge in [0.1, 0.15) is 12.4 Å². The SMILES string of the molecule is CC1(C)CC(=O)C2=C(C1)NC1=C(C(=O)c3ccccc31)[C@H]2c1ccc(OCc2ccccc2)cc1. The molecule has 0 spiro atoms. The number of fused-ring (bicyclic) bond motifs is 2. The highest BCUT2D eigenvalue weighted by Gasteiger charge is 2.46. The number of rotatable bonds is 4. The van der Waals surface area contributed by atoms with Crippen molar-refractivity contribution in [1.29, 1.82) is 0 Å². The first-order valence-corrected chi connectivity index (χ1v) is 12.1.